The fraction of sp³-hybridized carbons (Fsp3) is 0.833. The van der Waals surface area contributed by atoms with Crippen molar-refractivity contribution in [1.29, 1.82) is 0 Å². The van der Waals surface area contributed by atoms with E-state index in [1.54, 1.807) is 0 Å². The molecule has 0 saturated carbocycles. The monoisotopic (exact) mass is 168 g/mol. The Hall–Kier alpha value is -0.260. The van der Waals surface area contributed by atoms with Gasteiger partial charge in [-0.15, -0.1) is 0 Å². The van der Waals surface area contributed by atoms with Gasteiger partial charge < -0.3 is 0 Å². The summed E-state index contributed by atoms with van der Waals surface area (Å²) in [7, 11) is 0. The largest absolute Gasteiger partial charge is 0.0917 e. The van der Waals surface area contributed by atoms with E-state index >= 15 is 0 Å². The first kappa shape index (κ1) is 11.7. The van der Waals surface area contributed by atoms with E-state index < -0.39 is 0 Å². The maximum Gasteiger partial charge on any atom is -0.0351 e. The van der Waals surface area contributed by atoms with Gasteiger partial charge >= 0.3 is 0 Å². The molecule has 72 valence electrons. The lowest BCUT2D eigenvalue weighted by atomic mass is 9.98. The second kappa shape index (κ2) is 8.83. The first-order valence-corrected chi connectivity index (χ1v) is 5.42. The third-order valence-electron chi connectivity index (χ3n) is 2.35. The van der Waals surface area contributed by atoms with Gasteiger partial charge in [-0.05, 0) is 25.7 Å². The molecule has 0 aliphatic carbocycles. The van der Waals surface area contributed by atoms with Gasteiger partial charge in [-0.2, -0.15) is 0 Å². The molecule has 0 aromatic heterocycles. The summed E-state index contributed by atoms with van der Waals surface area (Å²) in [5.74, 6) is 0.940. The van der Waals surface area contributed by atoms with Crippen molar-refractivity contribution in [3.63, 3.8) is 0 Å². The van der Waals surface area contributed by atoms with Gasteiger partial charge in [0.15, 0.2) is 0 Å². The van der Waals surface area contributed by atoms with Crippen molar-refractivity contribution >= 4 is 0 Å². The highest BCUT2D eigenvalue weighted by Gasteiger charge is 1.99. The van der Waals surface area contributed by atoms with Crippen molar-refractivity contribution in [2.75, 3.05) is 0 Å². The molecule has 0 aromatic carbocycles. The van der Waals surface area contributed by atoms with Crippen molar-refractivity contribution in [3.05, 3.63) is 12.2 Å². The third kappa shape index (κ3) is 7.84. The van der Waals surface area contributed by atoms with Crippen molar-refractivity contribution in [2.45, 2.75) is 59.3 Å². The quantitative estimate of drug-likeness (QED) is 0.386. The van der Waals surface area contributed by atoms with Gasteiger partial charge in [0.2, 0.25) is 0 Å². The maximum atomic E-state index is 2.38. The van der Waals surface area contributed by atoms with Crippen LogP contribution in [0.15, 0.2) is 12.2 Å². The van der Waals surface area contributed by atoms with Crippen LogP contribution >= 0.6 is 0 Å². The van der Waals surface area contributed by atoms with Crippen LogP contribution < -0.4 is 0 Å². The zero-order valence-electron chi connectivity index (χ0n) is 8.97. The summed E-state index contributed by atoms with van der Waals surface area (Å²) < 4.78 is 0. The highest BCUT2D eigenvalue weighted by molar-refractivity contribution is 4.76. The zero-order valence-corrected chi connectivity index (χ0v) is 8.97. The van der Waals surface area contributed by atoms with Gasteiger partial charge in [-0.25, -0.2) is 0 Å². The summed E-state index contributed by atoms with van der Waals surface area (Å²) in [5.41, 5.74) is 0. The molecule has 0 N–H and O–H groups in total. The minimum Gasteiger partial charge on any atom is -0.0917 e. The Morgan fingerprint density at radius 2 is 1.83 bits per heavy atom. The normalized spacial score (nSPS) is 13.9. The molecule has 0 rings (SSSR count). The molecule has 0 amide bonds. The minimum absolute atomic E-state index is 0.940. The second-order valence-corrected chi connectivity index (χ2v) is 3.75. The average molecular weight is 168 g/mol. The lowest BCUT2D eigenvalue weighted by Gasteiger charge is -2.08. The molecule has 0 saturated heterocycles. The van der Waals surface area contributed by atoms with Crippen molar-refractivity contribution in [2.24, 2.45) is 5.92 Å². The number of hydrogen-bond donors (Lipinski definition) is 0. The predicted molar refractivity (Wildman–Crippen MR) is 57.4 cm³/mol. The smallest absolute Gasteiger partial charge is 0.0351 e. The maximum absolute atomic E-state index is 2.38. The lowest BCUT2D eigenvalue weighted by molar-refractivity contribution is 0.459. The molecule has 0 bridgehead atoms. The number of hydrogen-bond acceptors (Lipinski definition) is 0. The van der Waals surface area contributed by atoms with E-state index in [9.17, 15) is 0 Å². The molecule has 0 fully saturated rings. The van der Waals surface area contributed by atoms with Crippen LogP contribution in [0.4, 0.5) is 0 Å². The molecule has 0 aliphatic heterocycles. The van der Waals surface area contributed by atoms with E-state index in [0.29, 0.717) is 0 Å². The van der Waals surface area contributed by atoms with Gasteiger partial charge in [0.1, 0.15) is 0 Å². The number of allylic oxidation sites excluding steroid dienone is 2. The second-order valence-electron chi connectivity index (χ2n) is 3.75. The molecule has 0 spiro atoms. The van der Waals surface area contributed by atoms with Crippen LogP contribution in [0.5, 0.6) is 0 Å². The molecule has 0 heterocycles. The Labute approximate surface area is 78.1 Å². The van der Waals surface area contributed by atoms with Crippen molar-refractivity contribution < 1.29 is 0 Å². The van der Waals surface area contributed by atoms with Gasteiger partial charge in [0.25, 0.3) is 0 Å². The van der Waals surface area contributed by atoms with Gasteiger partial charge in [0, 0.05) is 0 Å². The summed E-state index contributed by atoms with van der Waals surface area (Å²) in [6.45, 7) is 6.75. The Balaban J connectivity index is 3.13. The van der Waals surface area contributed by atoms with Crippen LogP contribution in [0, 0.1) is 5.92 Å². The first-order chi connectivity index (χ1) is 5.81. The van der Waals surface area contributed by atoms with Crippen LogP contribution in [0.25, 0.3) is 0 Å². The van der Waals surface area contributed by atoms with E-state index in [2.05, 4.69) is 32.9 Å². The predicted octanol–water partition coefficient (Wildman–Crippen LogP) is 4.56. The molecule has 1 unspecified atom stereocenters. The van der Waals surface area contributed by atoms with Gasteiger partial charge in [-0.3, -0.25) is 0 Å². The molecular formula is C12H24. The molecule has 0 aliphatic rings. The SMILES string of the molecule is CC=CCCCC(C)CCCC. The van der Waals surface area contributed by atoms with E-state index in [4.69, 9.17) is 0 Å². The Morgan fingerprint density at radius 1 is 1.17 bits per heavy atom. The molecule has 1 atom stereocenters. The molecule has 0 aromatic rings. The standard InChI is InChI=1S/C12H24/c1-4-6-8-9-11-12(3)10-7-5-2/h4,6,12H,5,7-11H2,1-3H3. The van der Waals surface area contributed by atoms with E-state index in [-0.39, 0.29) is 0 Å². The molecule has 12 heavy (non-hydrogen) atoms. The van der Waals surface area contributed by atoms with Crippen LogP contribution in [-0.4, -0.2) is 0 Å². The Kier molecular flexibility index (Phi) is 8.64. The van der Waals surface area contributed by atoms with Crippen LogP contribution in [0.3, 0.4) is 0 Å². The summed E-state index contributed by atoms with van der Waals surface area (Å²) in [6, 6.07) is 0. The van der Waals surface area contributed by atoms with E-state index in [1.165, 1.54) is 38.5 Å². The average Bonchev–Trinajstić information content (AvgIpc) is 2.09. The van der Waals surface area contributed by atoms with E-state index in [0.717, 1.165) is 5.92 Å². The fourth-order valence-corrected chi connectivity index (χ4v) is 1.45. The molecule has 0 radical (unpaired) electrons. The summed E-state index contributed by atoms with van der Waals surface area (Å²) in [6.07, 6.45) is 12.6. The summed E-state index contributed by atoms with van der Waals surface area (Å²) >= 11 is 0. The first-order valence-electron chi connectivity index (χ1n) is 5.42. The van der Waals surface area contributed by atoms with Crippen LogP contribution in [0.2, 0.25) is 0 Å². The molecule has 0 heteroatoms. The topological polar surface area (TPSA) is 0 Å². The lowest BCUT2D eigenvalue weighted by Crippen LogP contribution is -1.93. The third-order valence-corrected chi connectivity index (χ3v) is 2.35. The number of rotatable bonds is 7. The highest BCUT2D eigenvalue weighted by atomic mass is 14.0. The zero-order chi connectivity index (χ0) is 9.23. The van der Waals surface area contributed by atoms with Crippen LogP contribution in [0.1, 0.15) is 59.3 Å². The minimum atomic E-state index is 0.940. The molecule has 0 nitrogen and oxygen atoms in total. The Bertz CT molecular complexity index is 103. The van der Waals surface area contributed by atoms with E-state index in [1.807, 2.05) is 0 Å². The van der Waals surface area contributed by atoms with Crippen LogP contribution in [-0.2, 0) is 0 Å². The van der Waals surface area contributed by atoms with Crippen molar-refractivity contribution in [3.8, 4) is 0 Å². The van der Waals surface area contributed by atoms with Gasteiger partial charge in [0.05, 0.1) is 0 Å². The number of unbranched alkanes of at least 4 members (excludes halogenated alkanes) is 2. The summed E-state index contributed by atoms with van der Waals surface area (Å²) in [4.78, 5) is 0. The molecular weight excluding hydrogens is 144 g/mol. The van der Waals surface area contributed by atoms with Gasteiger partial charge in [-0.1, -0.05) is 51.7 Å². The fourth-order valence-electron chi connectivity index (χ4n) is 1.45. The summed E-state index contributed by atoms with van der Waals surface area (Å²) in [5, 5.41) is 0. The highest BCUT2D eigenvalue weighted by Crippen LogP contribution is 2.14. The van der Waals surface area contributed by atoms with Crippen molar-refractivity contribution in [1.82, 2.24) is 0 Å². The Morgan fingerprint density at radius 3 is 2.42 bits per heavy atom.